The predicted molar refractivity (Wildman–Crippen MR) is 142 cm³/mol. The highest BCUT2D eigenvalue weighted by atomic mass is 35.5. The number of anilines is 1. The second-order valence-corrected chi connectivity index (χ2v) is 11.5. The molecule has 0 radical (unpaired) electrons. The topological polar surface area (TPSA) is 96.4 Å². The molecule has 2 saturated heterocycles. The lowest BCUT2D eigenvalue weighted by molar-refractivity contribution is -0.160. The van der Waals surface area contributed by atoms with Crippen LogP contribution < -0.4 is 4.90 Å². The van der Waals surface area contributed by atoms with Gasteiger partial charge in [0.05, 0.1) is 41.5 Å². The maximum atomic E-state index is 14.5. The molecule has 204 valence electrons. The smallest absolute Gasteiger partial charge is 0.313 e. The number of carbonyl (C=O) groups is 3. The van der Waals surface area contributed by atoms with Gasteiger partial charge in [0, 0.05) is 6.54 Å². The van der Waals surface area contributed by atoms with Crippen LogP contribution in [0.4, 0.5) is 5.69 Å². The summed E-state index contributed by atoms with van der Waals surface area (Å²) in [5, 5.41) is 10.8. The Bertz CT molecular complexity index is 1180. The first-order chi connectivity index (χ1) is 18.2. The molecule has 4 heterocycles. The van der Waals surface area contributed by atoms with E-state index in [2.05, 4.69) is 0 Å². The number of rotatable bonds is 4. The number of esters is 1. The number of para-hydroxylation sites is 1. The lowest BCUT2D eigenvalue weighted by Crippen LogP contribution is -2.59. The first-order valence-electron chi connectivity index (χ1n) is 13.4. The molecule has 1 spiro atoms. The number of ether oxygens (including phenoxy) is 2. The Kier molecular flexibility index (Phi) is 7.18. The van der Waals surface area contributed by atoms with Crippen LogP contribution in [0.15, 0.2) is 48.6 Å². The highest BCUT2D eigenvalue weighted by molar-refractivity contribution is 6.34. The van der Waals surface area contributed by atoms with E-state index in [1.54, 1.807) is 42.2 Å². The zero-order valence-electron chi connectivity index (χ0n) is 22.0. The summed E-state index contributed by atoms with van der Waals surface area (Å²) in [6.07, 6.45) is 9.82. The normalized spacial score (nSPS) is 34.9. The minimum atomic E-state index is -1.43. The van der Waals surface area contributed by atoms with E-state index in [0.29, 0.717) is 10.7 Å². The lowest BCUT2D eigenvalue weighted by atomic mass is 9.74. The Hall–Kier alpha value is -2.68. The van der Waals surface area contributed by atoms with Crippen molar-refractivity contribution < 1.29 is 29.0 Å². The monoisotopic (exact) mass is 542 g/mol. The number of likely N-dealkylation sites (tertiary alicyclic amines) is 1. The van der Waals surface area contributed by atoms with Crippen molar-refractivity contribution in [2.24, 2.45) is 17.8 Å². The van der Waals surface area contributed by atoms with Crippen LogP contribution in [0.1, 0.15) is 40.0 Å². The Morgan fingerprint density at radius 2 is 1.84 bits per heavy atom. The van der Waals surface area contributed by atoms with Crippen LogP contribution in [0.25, 0.3) is 0 Å². The fourth-order valence-electron chi connectivity index (χ4n) is 6.60. The van der Waals surface area contributed by atoms with Crippen molar-refractivity contribution in [1.29, 1.82) is 0 Å². The van der Waals surface area contributed by atoms with Gasteiger partial charge in [-0.15, -0.1) is 0 Å². The molecule has 4 aliphatic rings. The summed E-state index contributed by atoms with van der Waals surface area (Å²) >= 11 is 6.50. The number of cyclic esters (lactones) is 1. The van der Waals surface area contributed by atoms with E-state index in [1.165, 1.54) is 4.90 Å². The Balaban J connectivity index is 1.70. The molecule has 8 nitrogen and oxygen atoms in total. The number of aliphatic hydroxyl groups is 1. The largest absolute Gasteiger partial charge is 0.465 e. The first-order valence-corrected chi connectivity index (χ1v) is 13.7. The summed E-state index contributed by atoms with van der Waals surface area (Å²) in [5.41, 5.74) is -2.07. The van der Waals surface area contributed by atoms with Crippen molar-refractivity contribution in [3.8, 4) is 0 Å². The van der Waals surface area contributed by atoms with Gasteiger partial charge in [0.15, 0.2) is 0 Å². The average molecular weight is 543 g/mol. The van der Waals surface area contributed by atoms with Crippen LogP contribution in [-0.2, 0) is 23.9 Å². The highest BCUT2D eigenvalue weighted by Gasteiger charge is 2.75. The molecule has 1 N–H and O–H groups in total. The van der Waals surface area contributed by atoms with E-state index in [9.17, 15) is 19.5 Å². The van der Waals surface area contributed by atoms with Gasteiger partial charge in [-0.1, -0.05) is 61.9 Å². The maximum absolute atomic E-state index is 14.5. The van der Waals surface area contributed by atoms with Crippen molar-refractivity contribution in [2.75, 3.05) is 24.7 Å². The number of carbonyl (C=O) groups excluding carboxylic acids is 3. The van der Waals surface area contributed by atoms with Crippen LogP contribution in [0.3, 0.4) is 0 Å². The number of halogens is 1. The summed E-state index contributed by atoms with van der Waals surface area (Å²) in [6.45, 7) is 5.72. The van der Waals surface area contributed by atoms with Gasteiger partial charge in [-0.2, -0.15) is 0 Å². The van der Waals surface area contributed by atoms with Crippen LogP contribution in [0, 0.1) is 17.8 Å². The molecule has 0 saturated carbocycles. The van der Waals surface area contributed by atoms with E-state index >= 15 is 0 Å². The average Bonchev–Trinajstić information content (AvgIpc) is 3.20. The van der Waals surface area contributed by atoms with Gasteiger partial charge >= 0.3 is 5.97 Å². The van der Waals surface area contributed by atoms with Gasteiger partial charge in [-0.05, 0) is 44.2 Å². The van der Waals surface area contributed by atoms with Crippen LogP contribution in [0.2, 0.25) is 5.02 Å². The summed E-state index contributed by atoms with van der Waals surface area (Å²) in [7, 11) is 0. The highest BCUT2D eigenvalue weighted by Crippen LogP contribution is 2.58. The van der Waals surface area contributed by atoms with Crippen molar-refractivity contribution in [3.63, 3.8) is 0 Å². The Morgan fingerprint density at radius 1 is 1.08 bits per heavy atom. The second-order valence-electron chi connectivity index (χ2n) is 11.1. The van der Waals surface area contributed by atoms with Crippen LogP contribution in [0.5, 0.6) is 0 Å². The lowest BCUT2D eigenvalue weighted by Gasteiger charge is -2.41. The quantitative estimate of drug-likeness (QED) is 0.462. The van der Waals surface area contributed by atoms with Crippen molar-refractivity contribution in [1.82, 2.24) is 4.90 Å². The Labute approximate surface area is 228 Å². The summed E-state index contributed by atoms with van der Waals surface area (Å²) in [4.78, 5) is 45.5. The summed E-state index contributed by atoms with van der Waals surface area (Å²) < 4.78 is 12.5. The summed E-state index contributed by atoms with van der Waals surface area (Å²) in [6, 6.07) is 5.29. The van der Waals surface area contributed by atoms with Crippen LogP contribution >= 0.6 is 11.6 Å². The third-order valence-corrected chi connectivity index (χ3v) is 8.71. The molecule has 4 aliphatic heterocycles. The van der Waals surface area contributed by atoms with Crippen molar-refractivity contribution >= 4 is 35.1 Å². The minimum absolute atomic E-state index is 0.157. The molecule has 5 rings (SSSR count). The summed E-state index contributed by atoms with van der Waals surface area (Å²) in [5.74, 6) is -3.37. The fourth-order valence-corrected chi connectivity index (χ4v) is 6.84. The maximum Gasteiger partial charge on any atom is 0.313 e. The van der Waals surface area contributed by atoms with E-state index in [0.717, 1.165) is 19.3 Å². The molecule has 1 aromatic carbocycles. The molecule has 1 unspecified atom stereocenters. The molecule has 0 bridgehead atoms. The Morgan fingerprint density at radius 3 is 2.55 bits per heavy atom. The zero-order valence-corrected chi connectivity index (χ0v) is 22.8. The van der Waals surface area contributed by atoms with Crippen LogP contribution in [-0.4, -0.2) is 70.8 Å². The number of hydrogen-bond donors (Lipinski definition) is 1. The number of benzene rings is 1. The number of aliphatic hydroxyl groups excluding tert-OH is 1. The molecule has 2 fully saturated rings. The standard InChI is InChI=1S/C29H35ClN2O6/c1-18(2)21(17-33)32-24-26(35)31(20-12-7-6-11-19(20)30)15-10-14-29(24)22(25(32)34)23-27(36)37-16-9-5-4-8-13-28(23,3)38-29/h6-8,10-14,18,21-24,33H,4-5,9,15-17H2,1-3H3/b13-8-/t21-,22-,23-,24?,28+,29-/m0/s1. The van der Waals surface area contributed by atoms with Crippen molar-refractivity contribution in [3.05, 3.63) is 53.6 Å². The molecule has 38 heavy (non-hydrogen) atoms. The first kappa shape index (κ1) is 26.9. The third-order valence-electron chi connectivity index (χ3n) is 8.40. The number of amides is 2. The van der Waals surface area contributed by atoms with Gasteiger partial charge in [-0.3, -0.25) is 14.4 Å². The third kappa shape index (κ3) is 4.08. The van der Waals surface area contributed by atoms with E-state index in [4.69, 9.17) is 21.1 Å². The van der Waals surface area contributed by atoms with E-state index in [-0.39, 0.29) is 31.6 Å². The van der Waals surface area contributed by atoms with Gasteiger partial charge < -0.3 is 24.4 Å². The molecular weight excluding hydrogens is 508 g/mol. The molecular formula is C29H35ClN2O6. The van der Waals surface area contributed by atoms with E-state index < -0.39 is 47.0 Å². The number of allylic oxidation sites excluding steroid dienone is 1. The van der Waals surface area contributed by atoms with Gasteiger partial charge in [0.2, 0.25) is 5.91 Å². The SMILES string of the molecule is CC(C)[C@H](CO)N1C(=O)[C@@H]2[C@H]3C(=O)OCCCC/C=C\[C@@]3(C)O[C@@]23C=CCN(c2ccccc2Cl)C(=O)C13. The van der Waals surface area contributed by atoms with Crippen molar-refractivity contribution in [2.45, 2.75) is 63.3 Å². The number of nitrogens with zero attached hydrogens (tertiary/aromatic N) is 2. The second kappa shape index (κ2) is 10.1. The molecule has 2 amide bonds. The van der Waals surface area contributed by atoms with Gasteiger partial charge in [0.25, 0.3) is 5.91 Å². The minimum Gasteiger partial charge on any atom is -0.465 e. The molecule has 0 aromatic heterocycles. The molecule has 0 aliphatic carbocycles. The molecule has 1 aromatic rings. The number of hydrogen-bond acceptors (Lipinski definition) is 6. The van der Waals surface area contributed by atoms with Gasteiger partial charge in [-0.25, -0.2) is 0 Å². The van der Waals surface area contributed by atoms with E-state index in [1.807, 2.05) is 32.1 Å². The molecule has 6 atom stereocenters. The zero-order chi connectivity index (χ0) is 27.2. The van der Waals surface area contributed by atoms with Gasteiger partial charge in [0.1, 0.15) is 17.6 Å². The number of fused-ring (bicyclic) bond motifs is 2. The molecule has 9 heteroatoms. The fraction of sp³-hybridized carbons (Fsp3) is 0.552. The predicted octanol–water partition coefficient (Wildman–Crippen LogP) is 3.51.